The Kier molecular flexibility index (Phi) is 7.04. The molecule has 0 aliphatic carbocycles. The summed E-state index contributed by atoms with van der Waals surface area (Å²) >= 11 is 0. The molecule has 0 aromatic heterocycles. The molecule has 0 saturated heterocycles. The first-order valence-corrected chi connectivity index (χ1v) is 4.49. The third-order valence-corrected chi connectivity index (χ3v) is 2.04. The number of unbranched alkanes of at least 4 members (excludes halogenated alkanes) is 1. The van der Waals surface area contributed by atoms with E-state index < -0.39 is 0 Å². The molecule has 10 heavy (non-hydrogen) atoms. The molecule has 0 aliphatic rings. The molecular formula is C9H21N. The van der Waals surface area contributed by atoms with Crippen molar-refractivity contribution in [1.82, 2.24) is 5.32 Å². The summed E-state index contributed by atoms with van der Waals surface area (Å²) in [5, 5.41) is 3.23. The summed E-state index contributed by atoms with van der Waals surface area (Å²) in [6.07, 6.45) is 5.44. The fourth-order valence-electron chi connectivity index (χ4n) is 1.23. The zero-order valence-corrected chi connectivity index (χ0v) is 7.61. The normalized spacial score (nSPS) is 13.5. The number of hydrogen-bond donors (Lipinski definition) is 1. The standard InChI is InChI=1S/C9H21N/c1-4-6-7-9(5-2)8-10-3/h9-10H,4-8H2,1-3H3/t9-/m1/s1. The molecule has 1 atom stereocenters. The van der Waals surface area contributed by atoms with Gasteiger partial charge in [-0.15, -0.1) is 0 Å². The summed E-state index contributed by atoms with van der Waals surface area (Å²) in [4.78, 5) is 0. The van der Waals surface area contributed by atoms with E-state index in [0.29, 0.717) is 0 Å². The van der Waals surface area contributed by atoms with Crippen LogP contribution in [0.3, 0.4) is 0 Å². The van der Waals surface area contributed by atoms with Gasteiger partial charge < -0.3 is 5.32 Å². The van der Waals surface area contributed by atoms with Crippen molar-refractivity contribution in [3.05, 3.63) is 0 Å². The van der Waals surface area contributed by atoms with Crippen LogP contribution in [0, 0.1) is 5.92 Å². The van der Waals surface area contributed by atoms with Crippen LogP contribution in [0.5, 0.6) is 0 Å². The second-order valence-corrected chi connectivity index (χ2v) is 2.97. The number of nitrogens with one attached hydrogen (secondary N) is 1. The van der Waals surface area contributed by atoms with Gasteiger partial charge in [0, 0.05) is 0 Å². The summed E-state index contributed by atoms with van der Waals surface area (Å²) in [5.41, 5.74) is 0. The van der Waals surface area contributed by atoms with Gasteiger partial charge in [0.2, 0.25) is 0 Å². The average Bonchev–Trinajstić information content (AvgIpc) is 1.98. The van der Waals surface area contributed by atoms with Gasteiger partial charge in [-0.05, 0) is 25.9 Å². The molecule has 0 aromatic rings. The molecule has 0 radical (unpaired) electrons. The summed E-state index contributed by atoms with van der Waals surface area (Å²) < 4.78 is 0. The summed E-state index contributed by atoms with van der Waals surface area (Å²) in [6, 6.07) is 0. The van der Waals surface area contributed by atoms with Crippen LogP contribution in [0.15, 0.2) is 0 Å². The van der Waals surface area contributed by atoms with Crippen LogP contribution >= 0.6 is 0 Å². The van der Waals surface area contributed by atoms with Gasteiger partial charge in [0.05, 0.1) is 0 Å². The average molecular weight is 143 g/mol. The molecule has 0 saturated carbocycles. The van der Waals surface area contributed by atoms with Crippen molar-refractivity contribution in [2.45, 2.75) is 39.5 Å². The molecule has 0 aliphatic heterocycles. The van der Waals surface area contributed by atoms with Crippen molar-refractivity contribution >= 4 is 0 Å². The highest BCUT2D eigenvalue weighted by atomic mass is 14.8. The van der Waals surface area contributed by atoms with E-state index in [-0.39, 0.29) is 0 Å². The quantitative estimate of drug-likeness (QED) is 0.602. The minimum atomic E-state index is 0.907. The maximum Gasteiger partial charge on any atom is -0.00236 e. The van der Waals surface area contributed by atoms with Gasteiger partial charge in [0.25, 0.3) is 0 Å². The number of hydrogen-bond acceptors (Lipinski definition) is 1. The highest BCUT2D eigenvalue weighted by molar-refractivity contribution is 4.58. The molecule has 0 amide bonds. The van der Waals surface area contributed by atoms with Gasteiger partial charge in [-0.1, -0.05) is 33.1 Å². The van der Waals surface area contributed by atoms with Gasteiger partial charge in [0.1, 0.15) is 0 Å². The van der Waals surface area contributed by atoms with E-state index in [1.807, 2.05) is 7.05 Å². The van der Waals surface area contributed by atoms with E-state index in [0.717, 1.165) is 5.92 Å². The van der Waals surface area contributed by atoms with Crippen molar-refractivity contribution in [3.8, 4) is 0 Å². The van der Waals surface area contributed by atoms with Crippen molar-refractivity contribution < 1.29 is 0 Å². The lowest BCUT2D eigenvalue weighted by Gasteiger charge is -2.12. The highest BCUT2D eigenvalue weighted by Crippen LogP contribution is 2.10. The van der Waals surface area contributed by atoms with E-state index in [4.69, 9.17) is 0 Å². The zero-order valence-electron chi connectivity index (χ0n) is 7.61. The maximum absolute atomic E-state index is 3.23. The summed E-state index contributed by atoms with van der Waals surface area (Å²) in [7, 11) is 2.04. The van der Waals surface area contributed by atoms with E-state index >= 15 is 0 Å². The molecule has 0 unspecified atom stereocenters. The molecule has 1 nitrogen and oxygen atoms in total. The van der Waals surface area contributed by atoms with Crippen LogP contribution in [0.25, 0.3) is 0 Å². The highest BCUT2D eigenvalue weighted by Gasteiger charge is 2.02. The first-order valence-electron chi connectivity index (χ1n) is 4.49. The fraction of sp³-hybridized carbons (Fsp3) is 1.00. The topological polar surface area (TPSA) is 12.0 Å². The molecule has 0 heterocycles. The molecule has 0 bridgehead atoms. The lowest BCUT2D eigenvalue weighted by atomic mass is 10.00. The van der Waals surface area contributed by atoms with Crippen molar-refractivity contribution in [2.75, 3.05) is 13.6 Å². The van der Waals surface area contributed by atoms with E-state index in [9.17, 15) is 0 Å². The lowest BCUT2D eigenvalue weighted by molar-refractivity contribution is 0.434. The van der Waals surface area contributed by atoms with E-state index in [1.54, 1.807) is 0 Å². The Balaban J connectivity index is 3.21. The Bertz CT molecular complexity index is 61.7. The van der Waals surface area contributed by atoms with Crippen LogP contribution in [-0.2, 0) is 0 Å². The minimum absolute atomic E-state index is 0.907. The predicted octanol–water partition coefficient (Wildman–Crippen LogP) is 2.42. The lowest BCUT2D eigenvalue weighted by Crippen LogP contribution is -2.17. The Morgan fingerprint density at radius 3 is 2.40 bits per heavy atom. The molecule has 0 aromatic carbocycles. The molecule has 0 rings (SSSR count). The molecule has 0 fully saturated rings. The first kappa shape index (κ1) is 9.96. The Hall–Kier alpha value is -0.0400. The van der Waals surface area contributed by atoms with Gasteiger partial charge in [-0.2, -0.15) is 0 Å². The van der Waals surface area contributed by atoms with Crippen molar-refractivity contribution in [2.24, 2.45) is 5.92 Å². The maximum atomic E-state index is 3.23. The van der Waals surface area contributed by atoms with Gasteiger partial charge in [0.15, 0.2) is 0 Å². The fourth-order valence-corrected chi connectivity index (χ4v) is 1.23. The molecule has 0 spiro atoms. The first-order chi connectivity index (χ1) is 4.85. The Morgan fingerprint density at radius 1 is 1.30 bits per heavy atom. The van der Waals surface area contributed by atoms with Gasteiger partial charge >= 0.3 is 0 Å². The predicted molar refractivity (Wildman–Crippen MR) is 47.2 cm³/mol. The minimum Gasteiger partial charge on any atom is -0.319 e. The van der Waals surface area contributed by atoms with Crippen LogP contribution < -0.4 is 5.32 Å². The van der Waals surface area contributed by atoms with Crippen molar-refractivity contribution in [3.63, 3.8) is 0 Å². The zero-order chi connectivity index (χ0) is 7.82. The van der Waals surface area contributed by atoms with Crippen molar-refractivity contribution in [1.29, 1.82) is 0 Å². The van der Waals surface area contributed by atoms with Crippen LogP contribution in [-0.4, -0.2) is 13.6 Å². The van der Waals surface area contributed by atoms with Crippen LogP contribution in [0.1, 0.15) is 39.5 Å². The largest absolute Gasteiger partial charge is 0.319 e. The smallest absolute Gasteiger partial charge is 0.00236 e. The van der Waals surface area contributed by atoms with Gasteiger partial charge in [-0.3, -0.25) is 0 Å². The summed E-state index contributed by atoms with van der Waals surface area (Å²) in [5.74, 6) is 0.907. The molecule has 62 valence electrons. The molecular weight excluding hydrogens is 122 g/mol. The van der Waals surface area contributed by atoms with Gasteiger partial charge in [-0.25, -0.2) is 0 Å². The van der Waals surface area contributed by atoms with Crippen LogP contribution in [0.2, 0.25) is 0 Å². The third-order valence-electron chi connectivity index (χ3n) is 2.04. The van der Waals surface area contributed by atoms with Crippen LogP contribution in [0.4, 0.5) is 0 Å². The molecule has 1 N–H and O–H groups in total. The SMILES string of the molecule is CCCC[C@@H](CC)CNC. The number of rotatable bonds is 6. The molecule has 1 heteroatoms. The Morgan fingerprint density at radius 2 is 2.00 bits per heavy atom. The second kappa shape index (κ2) is 7.07. The monoisotopic (exact) mass is 143 g/mol. The van der Waals surface area contributed by atoms with E-state index in [2.05, 4.69) is 19.2 Å². The summed E-state index contributed by atoms with van der Waals surface area (Å²) in [6.45, 7) is 5.72. The third kappa shape index (κ3) is 4.80. The Labute approximate surface area is 65.2 Å². The van der Waals surface area contributed by atoms with E-state index in [1.165, 1.54) is 32.2 Å². The second-order valence-electron chi connectivity index (χ2n) is 2.97.